The minimum atomic E-state index is -0.265. The first-order valence-corrected chi connectivity index (χ1v) is 16.3. The first-order chi connectivity index (χ1) is 22.4. The van der Waals surface area contributed by atoms with Crippen LogP contribution in [0.4, 0.5) is 11.6 Å². The minimum absolute atomic E-state index is 0.115. The summed E-state index contributed by atoms with van der Waals surface area (Å²) in [5.74, 6) is 0.300. The molecule has 0 aliphatic carbocycles. The molecule has 0 bridgehead atoms. The Bertz CT molecular complexity index is 1940. The summed E-state index contributed by atoms with van der Waals surface area (Å²) in [4.78, 5) is 38.4. The number of piperidine rings is 1. The Balaban J connectivity index is 1.22. The lowest BCUT2D eigenvalue weighted by Gasteiger charge is -2.30. The summed E-state index contributed by atoms with van der Waals surface area (Å²) in [7, 11) is 0. The zero-order valence-corrected chi connectivity index (χ0v) is 26.9. The highest BCUT2D eigenvalue weighted by Gasteiger charge is 2.21. The van der Waals surface area contributed by atoms with E-state index in [9.17, 15) is 9.59 Å². The molecule has 9 nitrogen and oxygen atoms in total. The molecule has 46 heavy (non-hydrogen) atoms. The van der Waals surface area contributed by atoms with Crippen molar-refractivity contribution < 1.29 is 9.21 Å². The monoisotopic (exact) mass is 618 g/mol. The summed E-state index contributed by atoms with van der Waals surface area (Å²) in [5, 5.41) is 8.48. The lowest BCUT2D eigenvalue weighted by molar-refractivity contribution is -0.121. The number of para-hydroxylation sites is 1. The van der Waals surface area contributed by atoms with E-state index in [0.717, 1.165) is 83.8 Å². The quantitative estimate of drug-likeness (QED) is 0.166. The molecule has 1 amide bonds. The van der Waals surface area contributed by atoms with E-state index in [0.29, 0.717) is 18.2 Å². The molecule has 1 aliphatic heterocycles. The molecular formula is C37H42N6O3. The van der Waals surface area contributed by atoms with Crippen LogP contribution in [0, 0.1) is 0 Å². The van der Waals surface area contributed by atoms with Gasteiger partial charge in [0.05, 0.1) is 6.20 Å². The number of nitrogens with zero attached hydrogens (tertiary/aromatic N) is 4. The smallest absolute Gasteiger partial charge is 0.278 e. The summed E-state index contributed by atoms with van der Waals surface area (Å²) >= 11 is 0. The maximum absolute atomic E-state index is 14.0. The molecule has 0 radical (unpaired) electrons. The highest BCUT2D eigenvalue weighted by Crippen LogP contribution is 2.31. The Hall–Kier alpha value is -4.92. The summed E-state index contributed by atoms with van der Waals surface area (Å²) < 4.78 is 7.51. The van der Waals surface area contributed by atoms with E-state index < -0.39 is 0 Å². The van der Waals surface area contributed by atoms with E-state index in [-0.39, 0.29) is 24.1 Å². The van der Waals surface area contributed by atoms with Crippen molar-refractivity contribution in [3.63, 3.8) is 0 Å². The average molecular weight is 619 g/mol. The number of aromatic nitrogens is 3. The zero-order valence-electron chi connectivity index (χ0n) is 26.9. The maximum atomic E-state index is 14.0. The van der Waals surface area contributed by atoms with Gasteiger partial charge < -0.3 is 20.0 Å². The van der Waals surface area contributed by atoms with Crippen molar-refractivity contribution in [1.82, 2.24) is 19.9 Å². The highest BCUT2D eigenvalue weighted by molar-refractivity contribution is 6.05. The number of hydrogen-bond acceptors (Lipinski definition) is 7. The third kappa shape index (κ3) is 6.83. The van der Waals surface area contributed by atoms with Gasteiger partial charge in [-0.15, -0.1) is 0 Å². The van der Waals surface area contributed by atoms with Crippen LogP contribution in [-0.2, 0) is 17.8 Å². The number of rotatable bonds is 11. The molecule has 6 rings (SSSR count). The Morgan fingerprint density at radius 1 is 1.04 bits per heavy atom. The molecule has 2 N–H and O–H groups in total. The SMILES string of the molecule is CCCc1ccncc1/C=C(\C)CNC(=O)Cn1c(N2CCCCC2)ncc(N[C@@H](C)c2ccc3oc4ccccc4c3c2)c1=O. The number of fused-ring (bicyclic) bond motifs is 3. The molecule has 1 atom stereocenters. The number of aryl methyl sites for hydroxylation is 1. The predicted molar refractivity (Wildman–Crippen MR) is 185 cm³/mol. The molecule has 0 spiro atoms. The van der Waals surface area contributed by atoms with Crippen molar-refractivity contribution >= 4 is 45.6 Å². The van der Waals surface area contributed by atoms with Crippen molar-refractivity contribution in [3.8, 4) is 0 Å². The molecule has 9 heteroatoms. The second-order valence-electron chi connectivity index (χ2n) is 12.2. The molecule has 1 saturated heterocycles. The van der Waals surface area contributed by atoms with Gasteiger partial charge in [0.1, 0.15) is 23.4 Å². The van der Waals surface area contributed by atoms with E-state index in [1.165, 1.54) is 10.1 Å². The summed E-state index contributed by atoms with van der Waals surface area (Å²) in [6.07, 6.45) is 12.6. The molecular weight excluding hydrogens is 576 g/mol. The first kappa shape index (κ1) is 31.1. The topological polar surface area (TPSA) is 105 Å². The lowest BCUT2D eigenvalue weighted by Crippen LogP contribution is -2.40. The van der Waals surface area contributed by atoms with E-state index in [1.54, 1.807) is 6.20 Å². The molecule has 0 unspecified atom stereocenters. The molecule has 2 aromatic carbocycles. The summed E-state index contributed by atoms with van der Waals surface area (Å²) in [6, 6.07) is 15.9. The fourth-order valence-electron chi connectivity index (χ4n) is 6.22. The average Bonchev–Trinajstić information content (AvgIpc) is 3.45. The van der Waals surface area contributed by atoms with Gasteiger partial charge in [0.15, 0.2) is 0 Å². The summed E-state index contributed by atoms with van der Waals surface area (Å²) in [6.45, 7) is 8.04. The largest absolute Gasteiger partial charge is 0.456 e. The van der Waals surface area contributed by atoms with Crippen molar-refractivity contribution in [2.45, 2.75) is 65.5 Å². The molecule has 1 aliphatic rings. The van der Waals surface area contributed by atoms with Crippen LogP contribution in [0.3, 0.4) is 0 Å². The third-order valence-corrected chi connectivity index (χ3v) is 8.67. The van der Waals surface area contributed by atoms with E-state index in [4.69, 9.17) is 9.40 Å². The molecule has 5 aromatic rings. The van der Waals surface area contributed by atoms with Gasteiger partial charge >= 0.3 is 0 Å². The van der Waals surface area contributed by atoms with Gasteiger partial charge in [0.2, 0.25) is 11.9 Å². The molecule has 238 valence electrons. The van der Waals surface area contributed by atoms with Crippen LogP contribution in [0.2, 0.25) is 0 Å². The Morgan fingerprint density at radius 2 is 1.85 bits per heavy atom. The standard InChI is InChI=1S/C37H42N6O3/c1-4-10-27-15-16-38-22-29(27)19-25(2)21-39-35(44)24-43-36(45)32(23-40-37(43)42-17-8-5-9-18-42)41-26(3)28-13-14-34-31(20-28)30-11-6-7-12-33(30)46-34/h6-7,11-16,19-20,22-23,26,41H,4-5,8-10,17-18,21,24H2,1-3H3,(H,39,44)/b25-19+/t26-/m0/s1. The number of carbonyl (C=O) groups is 1. The van der Waals surface area contributed by atoms with Gasteiger partial charge in [0.25, 0.3) is 5.56 Å². The minimum Gasteiger partial charge on any atom is -0.456 e. The van der Waals surface area contributed by atoms with Gasteiger partial charge in [-0.25, -0.2) is 4.98 Å². The Kier molecular flexibility index (Phi) is 9.47. The fourth-order valence-corrected chi connectivity index (χ4v) is 6.22. The second kappa shape index (κ2) is 14.0. The van der Waals surface area contributed by atoms with Crippen LogP contribution < -0.4 is 21.1 Å². The van der Waals surface area contributed by atoms with Crippen LogP contribution in [-0.4, -0.2) is 40.1 Å². The highest BCUT2D eigenvalue weighted by atomic mass is 16.3. The van der Waals surface area contributed by atoms with Crippen molar-refractivity contribution in [1.29, 1.82) is 0 Å². The maximum Gasteiger partial charge on any atom is 0.278 e. The molecule has 1 fully saturated rings. The van der Waals surface area contributed by atoms with E-state index in [2.05, 4.69) is 45.6 Å². The number of benzene rings is 2. The van der Waals surface area contributed by atoms with Crippen molar-refractivity contribution in [3.05, 3.63) is 99.7 Å². The van der Waals surface area contributed by atoms with Crippen LogP contribution in [0.1, 0.15) is 69.2 Å². The normalized spacial score (nSPS) is 14.5. The Morgan fingerprint density at radius 3 is 2.67 bits per heavy atom. The van der Waals surface area contributed by atoms with Gasteiger partial charge in [-0.05, 0) is 80.5 Å². The zero-order chi connectivity index (χ0) is 32.0. The van der Waals surface area contributed by atoms with Crippen molar-refractivity contribution in [2.24, 2.45) is 0 Å². The number of pyridine rings is 1. The van der Waals surface area contributed by atoms with Gasteiger partial charge in [-0.3, -0.25) is 19.1 Å². The number of amides is 1. The second-order valence-corrected chi connectivity index (χ2v) is 12.2. The van der Waals surface area contributed by atoms with Gasteiger partial charge in [0, 0.05) is 48.8 Å². The van der Waals surface area contributed by atoms with Gasteiger partial charge in [-0.1, -0.05) is 49.3 Å². The van der Waals surface area contributed by atoms with Crippen LogP contribution in [0.5, 0.6) is 0 Å². The van der Waals surface area contributed by atoms with E-state index >= 15 is 0 Å². The molecule has 4 heterocycles. The molecule has 0 saturated carbocycles. The predicted octanol–water partition coefficient (Wildman–Crippen LogP) is 6.87. The number of nitrogens with one attached hydrogen (secondary N) is 2. The number of anilines is 2. The number of hydrogen-bond donors (Lipinski definition) is 2. The third-order valence-electron chi connectivity index (χ3n) is 8.67. The fraction of sp³-hybridized carbons (Fsp3) is 0.351. The Labute approximate surface area is 269 Å². The summed E-state index contributed by atoms with van der Waals surface area (Å²) in [5.41, 5.74) is 6.09. The van der Waals surface area contributed by atoms with Crippen LogP contribution >= 0.6 is 0 Å². The van der Waals surface area contributed by atoms with Crippen LogP contribution in [0.15, 0.2) is 81.9 Å². The number of carbonyl (C=O) groups excluding carboxylic acids is 1. The first-order valence-electron chi connectivity index (χ1n) is 16.3. The number of furan rings is 1. The lowest BCUT2D eigenvalue weighted by atomic mass is 10.0. The van der Waals surface area contributed by atoms with Crippen LogP contribution in [0.25, 0.3) is 28.0 Å². The molecule has 3 aromatic heterocycles. The van der Waals surface area contributed by atoms with Gasteiger partial charge in [-0.2, -0.15) is 0 Å². The van der Waals surface area contributed by atoms with E-state index in [1.807, 2.05) is 62.6 Å². The van der Waals surface area contributed by atoms with Crippen molar-refractivity contribution in [2.75, 3.05) is 29.9 Å².